The van der Waals surface area contributed by atoms with Crippen LogP contribution in [0.4, 0.5) is 5.69 Å². The molecular formula is C21H26N2O3. The number of carbonyl (C=O) groups excluding carboxylic acids is 2. The van der Waals surface area contributed by atoms with Crippen LogP contribution in [0.3, 0.4) is 0 Å². The van der Waals surface area contributed by atoms with E-state index in [1.165, 1.54) is 5.56 Å². The Morgan fingerprint density at radius 1 is 0.769 bits per heavy atom. The quantitative estimate of drug-likeness (QED) is 0.344. The van der Waals surface area contributed by atoms with Crippen LogP contribution in [-0.2, 0) is 22.4 Å². The molecule has 0 saturated carbocycles. The molecule has 5 heteroatoms. The van der Waals surface area contributed by atoms with E-state index in [1.807, 2.05) is 6.07 Å². The normalized spacial score (nSPS) is 10.3. The fourth-order valence-electron chi connectivity index (χ4n) is 2.77. The summed E-state index contributed by atoms with van der Waals surface area (Å²) >= 11 is 0. The number of benzene rings is 2. The molecule has 0 heterocycles. The Morgan fingerprint density at radius 2 is 1.46 bits per heavy atom. The minimum Gasteiger partial charge on any atom is -0.326 e. The highest BCUT2D eigenvalue weighted by atomic mass is 16.5. The van der Waals surface area contributed by atoms with Crippen LogP contribution in [0, 0.1) is 0 Å². The van der Waals surface area contributed by atoms with Gasteiger partial charge < -0.3 is 5.32 Å². The second-order valence-corrected chi connectivity index (χ2v) is 6.36. The standard InChI is InChI=1S/C21H26N2O3/c24-20(11-7-2-1-4-8-17-9-5-3-6-10-17)22-19-14-12-18(13-15-19)16-21(25)23-26/h3,5-6,9-10,12-15,26H,1-2,4,7-8,11,16H2,(H,22,24)(H,23,25). The van der Waals surface area contributed by atoms with Gasteiger partial charge in [0.15, 0.2) is 0 Å². The number of carbonyl (C=O) groups is 2. The monoisotopic (exact) mass is 354 g/mol. The molecule has 2 amide bonds. The molecule has 2 aromatic rings. The Morgan fingerprint density at radius 3 is 2.15 bits per heavy atom. The van der Waals surface area contributed by atoms with E-state index in [-0.39, 0.29) is 12.3 Å². The SMILES string of the molecule is O=C(Cc1ccc(NC(=O)CCCCCCc2ccccc2)cc1)NO. The van der Waals surface area contributed by atoms with Gasteiger partial charge in [-0.1, -0.05) is 55.3 Å². The van der Waals surface area contributed by atoms with Crippen LogP contribution in [0.1, 0.15) is 43.2 Å². The molecule has 138 valence electrons. The van der Waals surface area contributed by atoms with E-state index in [0.29, 0.717) is 12.1 Å². The maximum Gasteiger partial charge on any atom is 0.247 e. The van der Waals surface area contributed by atoms with Crippen molar-refractivity contribution in [1.82, 2.24) is 5.48 Å². The summed E-state index contributed by atoms with van der Waals surface area (Å²) in [7, 11) is 0. The zero-order valence-corrected chi connectivity index (χ0v) is 14.9. The third kappa shape index (κ3) is 7.49. The fourth-order valence-corrected chi connectivity index (χ4v) is 2.77. The van der Waals surface area contributed by atoms with Crippen molar-refractivity contribution in [1.29, 1.82) is 0 Å². The number of hydrogen-bond acceptors (Lipinski definition) is 3. The minimum atomic E-state index is -0.464. The summed E-state index contributed by atoms with van der Waals surface area (Å²) in [6, 6.07) is 17.5. The first-order chi connectivity index (χ1) is 12.7. The molecule has 2 rings (SSSR count). The summed E-state index contributed by atoms with van der Waals surface area (Å²) in [5, 5.41) is 11.4. The molecule has 0 saturated heterocycles. The number of amides is 2. The van der Waals surface area contributed by atoms with E-state index in [0.717, 1.165) is 37.7 Å². The molecular weight excluding hydrogens is 328 g/mol. The maximum atomic E-state index is 12.0. The van der Waals surface area contributed by atoms with Crippen LogP contribution in [0.2, 0.25) is 0 Å². The number of hydrogen-bond donors (Lipinski definition) is 3. The van der Waals surface area contributed by atoms with Crippen LogP contribution < -0.4 is 10.8 Å². The molecule has 0 bridgehead atoms. The van der Waals surface area contributed by atoms with Crippen LogP contribution >= 0.6 is 0 Å². The van der Waals surface area contributed by atoms with Crippen molar-refractivity contribution in [2.75, 3.05) is 5.32 Å². The lowest BCUT2D eigenvalue weighted by Crippen LogP contribution is -2.20. The zero-order chi connectivity index (χ0) is 18.6. The molecule has 0 aliphatic heterocycles. The number of hydroxylamine groups is 1. The van der Waals surface area contributed by atoms with Crippen LogP contribution in [0.15, 0.2) is 54.6 Å². The van der Waals surface area contributed by atoms with Crippen molar-refractivity contribution in [2.45, 2.75) is 44.9 Å². The first kappa shape index (κ1) is 19.7. The van der Waals surface area contributed by atoms with Crippen molar-refractivity contribution >= 4 is 17.5 Å². The smallest absolute Gasteiger partial charge is 0.247 e. The average Bonchev–Trinajstić information content (AvgIpc) is 2.67. The second-order valence-electron chi connectivity index (χ2n) is 6.36. The van der Waals surface area contributed by atoms with E-state index in [9.17, 15) is 9.59 Å². The van der Waals surface area contributed by atoms with Gasteiger partial charge in [-0.2, -0.15) is 0 Å². The number of nitrogens with one attached hydrogen (secondary N) is 2. The molecule has 5 nitrogen and oxygen atoms in total. The first-order valence-electron chi connectivity index (χ1n) is 9.03. The van der Waals surface area contributed by atoms with Crippen molar-refractivity contribution in [2.24, 2.45) is 0 Å². The highest BCUT2D eigenvalue weighted by Gasteiger charge is 2.04. The van der Waals surface area contributed by atoms with Gasteiger partial charge in [0.05, 0.1) is 6.42 Å². The highest BCUT2D eigenvalue weighted by Crippen LogP contribution is 2.12. The van der Waals surface area contributed by atoms with Crippen molar-refractivity contribution in [3.05, 3.63) is 65.7 Å². The number of unbranched alkanes of at least 4 members (excludes halogenated alkanes) is 3. The predicted octanol–water partition coefficient (Wildman–Crippen LogP) is 3.87. The number of anilines is 1. The van der Waals surface area contributed by atoms with Crippen LogP contribution in [0.25, 0.3) is 0 Å². The van der Waals surface area contributed by atoms with E-state index in [2.05, 4.69) is 29.6 Å². The van der Waals surface area contributed by atoms with E-state index >= 15 is 0 Å². The molecule has 2 aromatic carbocycles. The summed E-state index contributed by atoms with van der Waals surface area (Å²) in [5.41, 5.74) is 4.45. The Hall–Kier alpha value is -2.66. The number of aryl methyl sites for hydroxylation is 1. The third-order valence-corrected chi connectivity index (χ3v) is 4.19. The molecule has 0 aromatic heterocycles. The summed E-state index contributed by atoms with van der Waals surface area (Å²) in [4.78, 5) is 23.1. The van der Waals surface area contributed by atoms with Gasteiger partial charge in [0.2, 0.25) is 11.8 Å². The Labute approximate surface area is 154 Å². The lowest BCUT2D eigenvalue weighted by atomic mass is 10.1. The van der Waals surface area contributed by atoms with Crippen LogP contribution in [-0.4, -0.2) is 17.0 Å². The number of rotatable bonds is 10. The van der Waals surface area contributed by atoms with Gasteiger partial charge in [-0.25, -0.2) is 5.48 Å². The van der Waals surface area contributed by atoms with Crippen molar-refractivity contribution < 1.29 is 14.8 Å². The lowest BCUT2D eigenvalue weighted by molar-refractivity contribution is -0.128. The fraction of sp³-hybridized carbons (Fsp3) is 0.333. The van der Waals surface area contributed by atoms with Gasteiger partial charge in [0.1, 0.15) is 0 Å². The molecule has 3 N–H and O–H groups in total. The topological polar surface area (TPSA) is 78.4 Å². The molecule has 0 spiro atoms. The first-order valence-corrected chi connectivity index (χ1v) is 9.03. The molecule has 0 aliphatic carbocycles. The molecule has 0 unspecified atom stereocenters. The predicted molar refractivity (Wildman–Crippen MR) is 102 cm³/mol. The van der Waals surface area contributed by atoms with Crippen molar-refractivity contribution in [3.8, 4) is 0 Å². The second kappa shape index (κ2) is 11.1. The zero-order valence-electron chi connectivity index (χ0n) is 14.9. The maximum absolute atomic E-state index is 12.0. The Balaban J connectivity index is 1.59. The molecule has 0 radical (unpaired) electrons. The summed E-state index contributed by atoms with van der Waals surface area (Å²) < 4.78 is 0. The summed E-state index contributed by atoms with van der Waals surface area (Å²) in [6.07, 6.45) is 5.92. The molecule has 0 atom stereocenters. The average molecular weight is 354 g/mol. The Kier molecular flexibility index (Phi) is 8.36. The van der Waals surface area contributed by atoms with Gasteiger partial charge in [-0.3, -0.25) is 14.8 Å². The highest BCUT2D eigenvalue weighted by molar-refractivity contribution is 5.90. The largest absolute Gasteiger partial charge is 0.326 e. The molecule has 0 aliphatic rings. The van der Waals surface area contributed by atoms with Gasteiger partial charge in [-0.15, -0.1) is 0 Å². The lowest BCUT2D eigenvalue weighted by Gasteiger charge is -2.07. The summed E-state index contributed by atoms with van der Waals surface area (Å²) in [6.45, 7) is 0. The van der Waals surface area contributed by atoms with Gasteiger partial charge in [0.25, 0.3) is 0 Å². The molecule has 0 fully saturated rings. The molecule has 26 heavy (non-hydrogen) atoms. The van der Waals surface area contributed by atoms with Crippen molar-refractivity contribution in [3.63, 3.8) is 0 Å². The third-order valence-electron chi connectivity index (χ3n) is 4.19. The summed E-state index contributed by atoms with van der Waals surface area (Å²) in [5.74, 6) is -0.456. The Bertz CT molecular complexity index is 684. The van der Waals surface area contributed by atoms with Crippen LogP contribution in [0.5, 0.6) is 0 Å². The van der Waals surface area contributed by atoms with E-state index in [4.69, 9.17) is 5.21 Å². The van der Waals surface area contributed by atoms with Gasteiger partial charge >= 0.3 is 0 Å². The van der Waals surface area contributed by atoms with Gasteiger partial charge in [-0.05, 0) is 42.5 Å². The van der Waals surface area contributed by atoms with Gasteiger partial charge in [0, 0.05) is 12.1 Å². The van der Waals surface area contributed by atoms with E-state index < -0.39 is 5.91 Å². The van der Waals surface area contributed by atoms with E-state index in [1.54, 1.807) is 29.7 Å². The minimum absolute atomic E-state index is 0.00825.